The van der Waals surface area contributed by atoms with Crippen LogP contribution >= 0.6 is 0 Å². The van der Waals surface area contributed by atoms with Crippen molar-refractivity contribution in [2.45, 2.75) is 51.6 Å². The van der Waals surface area contributed by atoms with E-state index < -0.39 is 22.2 Å². The van der Waals surface area contributed by atoms with E-state index in [2.05, 4.69) is 4.72 Å². The highest BCUT2D eigenvalue weighted by atomic mass is 32.2. The van der Waals surface area contributed by atoms with Crippen molar-refractivity contribution < 1.29 is 23.1 Å². The first-order valence-corrected chi connectivity index (χ1v) is 8.43. The zero-order chi connectivity index (χ0) is 15.2. The van der Waals surface area contributed by atoms with Crippen LogP contribution in [0.3, 0.4) is 0 Å². The molecule has 0 aromatic carbocycles. The van der Waals surface area contributed by atoms with E-state index in [1.807, 2.05) is 0 Å². The predicted molar refractivity (Wildman–Crippen MR) is 74.2 cm³/mol. The Morgan fingerprint density at radius 2 is 2.25 bits per heavy atom. The Morgan fingerprint density at radius 1 is 1.55 bits per heavy atom. The van der Waals surface area contributed by atoms with Gasteiger partial charge in [-0.25, -0.2) is 0 Å². The van der Waals surface area contributed by atoms with Gasteiger partial charge in [0.2, 0.25) is 0 Å². The fraction of sp³-hybridized carbons (Fsp3) is 0.917. The summed E-state index contributed by atoms with van der Waals surface area (Å²) >= 11 is 0. The molecule has 1 fully saturated rings. The minimum absolute atomic E-state index is 0.0290. The third-order valence-corrected chi connectivity index (χ3v) is 4.97. The molecule has 2 unspecified atom stereocenters. The molecule has 0 radical (unpaired) electrons. The van der Waals surface area contributed by atoms with Crippen LogP contribution < -0.4 is 4.72 Å². The fourth-order valence-electron chi connectivity index (χ4n) is 2.28. The summed E-state index contributed by atoms with van der Waals surface area (Å²) in [5, 5.41) is 8.75. The summed E-state index contributed by atoms with van der Waals surface area (Å²) in [6.07, 6.45) is 2.22. The van der Waals surface area contributed by atoms with Crippen LogP contribution in [0.4, 0.5) is 0 Å². The minimum Gasteiger partial charge on any atom is -0.465 e. The van der Waals surface area contributed by atoms with Crippen LogP contribution in [-0.2, 0) is 19.7 Å². The molecule has 7 nitrogen and oxygen atoms in total. The van der Waals surface area contributed by atoms with E-state index in [9.17, 15) is 13.2 Å². The summed E-state index contributed by atoms with van der Waals surface area (Å²) in [7, 11) is -3.70. The minimum atomic E-state index is -3.70. The smallest absolute Gasteiger partial charge is 0.324 e. The van der Waals surface area contributed by atoms with E-state index in [-0.39, 0.29) is 19.3 Å². The highest BCUT2D eigenvalue weighted by Gasteiger charge is 2.39. The van der Waals surface area contributed by atoms with Crippen molar-refractivity contribution in [3.05, 3.63) is 0 Å². The molecule has 0 saturated carbocycles. The van der Waals surface area contributed by atoms with Gasteiger partial charge < -0.3 is 9.84 Å². The van der Waals surface area contributed by atoms with Crippen molar-refractivity contribution in [2.75, 3.05) is 19.8 Å². The Morgan fingerprint density at radius 3 is 2.85 bits per heavy atom. The topological polar surface area (TPSA) is 95.9 Å². The second-order valence-electron chi connectivity index (χ2n) is 4.91. The van der Waals surface area contributed by atoms with Crippen molar-refractivity contribution in [1.82, 2.24) is 9.03 Å². The van der Waals surface area contributed by atoms with Gasteiger partial charge in [-0.05, 0) is 39.5 Å². The Kier molecular flexibility index (Phi) is 6.87. The summed E-state index contributed by atoms with van der Waals surface area (Å²) in [6, 6.07) is -1.01. The van der Waals surface area contributed by atoms with Crippen LogP contribution in [0.1, 0.15) is 39.5 Å². The summed E-state index contributed by atoms with van der Waals surface area (Å²) in [5.41, 5.74) is 0. The standard InChI is InChI=1S/C12H24N2O5S/c1-3-19-12(16)11-7-4-8-14(11)20(17,18)13-10(2)6-5-9-15/h10-11,13,15H,3-9H2,1-2H3. The van der Waals surface area contributed by atoms with Crippen LogP contribution in [0.5, 0.6) is 0 Å². The second kappa shape index (κ2) is 7.92. The van der Waals surface area contributed by atoms with Crippen molar-refractivity contribution in [3.8, 4) is 0 Å². The first-order chi connectivity index (χ1) is 9.42. The van der Waals surface area contributed by atoms with E-state index >= 15 is 0 Å². The SMILES string of the molecule is CCOC(=O)C1CCCN1S(=O)(=O)NC(C)CCCO. The number of rotatable bonds is 8. The molecular formula is C12H24N2O5S. The van der Waals surface area contributed by atoms with Crippen molar-refractivity contribution in [3.63, 3.8) is 0 Å². The molecule has 1 saturated heterocycles. The average Bonchev–Trinajstić information content (AvgIpc) is 2.86. The van der Waals surface area contributed by atoms with E-state index in [0.717, 1.165) is 0 Å². The summed E-state index contributed by atoms with van der Waals surface area (Å²) < 4.78 is 33.2. The van der Waals surface area contributed by atoms with E-state index in [1.165, 1.54) is 4.31 Å². The fourth-order valence-corrected chi connectivity index (χ4v) is 3.94. The van der Waals surface area contributed by atoms with Gasteiger partial charge in [0.15, 0.2) is 0 Å². The Balaban J connectivity index is 2.67. The number of ether oxygens (including phenoxy) is 1. The normalized spacial score (nSPS) is 21.9. The van der Waals surface area contributed by atoms with Crippen LogP contribution in [0.2, 0.25) is 0 Å². The molecule has 0 aliphatic carbocycles. The third-order valence-electron chi connectivity index (χ3n) is 3.22. The molecule has 0 bridgehead atoms. The summed E-state index contributed by atoms with van der Waals surface area (Å²) in [6.45, 7) is 4.03. The van der Waals surface area contributed by atoms with Crippen molar-refractivity contribution in [1.29, 1.82) is 0 Å². The largest absolute Gasteiger partial charge is 0.465 e. The van der Waals surface area contributed by atoms with Crippen LogP contribution in [-0.4, -0.2) is 55.6 Å². The molecule has 1 rings (SSSR count). The van der Waals surface area contributed by atoms with Gasteiger partial charge >= 0.3 is 5.97 Å². The van der Waals surface area contributed by atoms with Crippen LogP contribution in [0.15, 0.2) is 0 Å². The Hall–Kier alpha value is -0.700. The third kappa shape index (κ3) is 4.69. The number of carbonyl (C=O) groups excluding carboxylic acids is 1. The molecule has 1 heterocycles. The van der Waals surface area contributed by atoms with Gasteiger partial charge in [-0.1, -0.05) is 0 Å². The molecule has 0 amide bonds. The van der Waals surface area contributed by atoms with E-state index in [4.69, 9.17) is 9.84 Å². The molecule has 0 spiro atoms. The maximum absolute atomic E-state index is 12.3. The maximum atomic E-state index is 12.3. The number of carbonyl (C=O) groups is 1. The molecule has 118 valence electrons. The number of hydrogen-bond acceptors (Lipinski definition) is 5. The van der Waals surface area contributed by atoms with Gasteiger partial charge in [0.1, 0.15) is 6.04 Å². The number of aliphatic hydroxyl groups is 1. The zero-order valence-electron chi connectivity index (χ0n) is 12.0. The Bertz CT molecular complexity index is 412. The number of hydrogen-bond donors (Lipinski definition) is 2. The second-order valence-corrected chi connectivity index (χ2v) is 6.57. The first kappa shape index (κ1) is 17.4. The molecule has 2 atom stereocenters. The highest BCUT2D eigenvalue weighted by Crippen LogP contribution is 2.21. The number of aliphatic hydroxyl groups excluding tert-OH is 1. The monoisotopic (exact) mass is 308 g/mol. The zero-order valence-corrected chi connectivity index (χ0v) is 12.9. The summed E-state index contributed by atoms with van der Waals surface area (Å²) in [5.74, 6) is -0.488. The Labute approximate surface area is 120 Å². The van der Waals surface area contributed by atoms with Crippen molar-refractivity contribution in [2.24, 2.45) is 0 Å². The predicted octanol–water partition coefficient (Wildman–Crippen LogP) is 0.00930. The van der Waals surface area contributed by atoms with Crippen LogP contribution in [0, 0.1) is 0 Å². The molecule has 2 N–H and O–H groups in total. The van der Waals surface area contributed by atoms with Crippen molar-refractivity contribution >= 4 is 16.2 Å². The van der Waals surface area contributed by atoms with Gasteiger partial charge in [0, 0.05) is 19.2 Å². The number of esters is 1. The van der Waals surface area contributed by atoms with Crippen LogP contribution in [0.25, 0.3) is 0 Å². The lowest BCUT2D eigenvalue weighted by Gasteiger charge is -2.24. The van der Waals surface area contributed by atoms with Gasteiger partial charge in [-0.3, -0.25) is 4.79 Å². The summed E-state index contributed by atoms with van der Waals surface area (Å²) in [4.78, 5) is 11.8. The molecule has 8 heteroatoms. The quantitative estimate of drug-likeness (QED) is 0.616. The lowest BCUT2D eigenvalue weighted by atomic mass is 10.2. The molecule has 1 aliphatic rings. The van der Waals surface area contributed by atoms with E-state index in [0.29, 0.717) is 32.2 Å². The van der Waals surface area contributed by atoms with Gasteiger partial charge in [0.05, 0.1) is 6.61 Å². The number of nitrogens with one attached hydrogen (secondary N) is 1. The highest BCUT2D eigenvalue weighted by molar-refractivity contribution is 7.87. The molecule has 0 aromatic heterocycles. The van der Waals surface area contributed by atoms with Gasteiger partial charge in [-0.15, -0.1) is 0 Å². The lowest BCUT2D eigenvalue weighted by Crippen LogP contribution is -2.49. The number of nitrogens with zero attached hydrogens (tertiary/aromatic N) is 1. The maximum Gasteiger partial charge on any atom is 0.324 e. The lowest BCUT2D eigenvalue weighted by molar-refractivity contribution is -0.146. The molecular weight excluding hydrogens is 284 g/mol. The average molecular weight is 308 g/mol. The van der Waals surface area contributed by atoms with Gasteiger partial charge in [-0.2, -0.15) is 17.4 Å². The molecule has 0 aromatic rings. The van der Waals surface area contributed by atoms with Gasteiger partial charge in [0.25, 0.3) is 10.2 Å². The first-order valence-electron chi connectivity index (χ1n) is 6.99. The molecule has 20 heavy (non-hydrogen) atoms. The van der Waals surface area contributed by atoms with E-state index in [1.54, 1.807) is 13.8 Å². The molecule has 1 aliphatic heterocycles.